The monoisotopic (exact) mass is 186 g/mol. The highest BCUT2D eigenvalue weighted by atomic mass is 16.7. The van der Waals surface area contributed by atoms with Gasteiger partial charge < -0.3 is 14.3 Å². The molecule has 0 amide bonds. The lowest BCUT2D eigenvalue weighted by Gasteiger charge is -2.06. The Hall–Kier alpha value is -0.740. The third-order valence-electron chi connectivity index (χ3n) is 1.84. The Morgan fingerprint density at radius 2 is 1.85 bits per heavy atom. The Bertz CT molecular complexity index is 194. The lowest BCUT2D eigenvalue weighted by atomic mass is 10.1. The van der Waals surface area contributed by atoms with Crippen molar-refractivity contribution in [1.29, 1.82) is 0 Å². The summed E-state index contributed by atoms with van der Waals surface area (Å²) in [5, 5.41) is 0. The van der Waals surface area contributed by atoms with Gasteiger partial charge in [-0.3, -0.25) is 4.79 Å². The highest BCUT2D eigenvalue weighted by Crippen LogP contribution is 2.10. The van der Waals surface area contributed by atoms with Gasteiger partial charge in [0.05, 0.1) is 19.6 Å². The minimum atomic E-state index is -0.376. The van der Waals surface area contributed by atoms with E-state index in [1.807, 2.05) is 0 Å². The van der Waals surface area contributed by atoms with E-state index in [2.05, 4.69) is 0 Å². The fourth-order valence-corrected chi connectivity index (χ4v) is 1.13. The van der Waals surface area contributed by atoms with Gasteiger partial charge in [-0.05, 0) is 6.92 Å². The summed E-state index contributed by atoms with van der Waals surface area (Å²) in [7, 11) is 0. The molecule has 74 valence electrons. The van der Waals surface area contributed by atoms with E-state index in [-0.39, 0.29) is 24.3 Å². The van der Waals surface area contributed by atoms with E-state index >= 15 is 0 Å². The Morgan fingerprint density at radius 3 is 2.38 bits per heavy atom. The Morgan fingerprint density at radius 1 is 1.23 bits per heavy atom. The maximum Gasteiger partial charge on any atom is 0.164 e. The van der Waals surface area contributed by atoms with Crippen molar-refractivity contribution in [1.82, 2.24) is 0 Å². The molecule has 0 aliphatic carbocycles. The van der Waals surface area contributed by atoms with Crippen LogP contribution in [0.15, 0.2) is 0 Å². The van der Waals surface area contributed by atoms with E-state index < -0.39 is 0 Å². The minimum Gasteiger partial charge on any atom is -0.350 e. The summed E-state index contributed by atoms with van der Waals surface area (Å²) in [4.78, 5) is 21.8. The van der Waals surface area contributed by atoms with Crippen LogP contribution in [-0.2, 0) is 19.1 Å². The van der Waals surface area contributed by atoms with Crippen LogP contribution in [0.25, 0.3) is 0 Å². The molecular formula is C9H14O4. The molecule has 4 nitrogen and oxygen atoms in total. The van der Waals surface area contributed by atoms with Gasteiger partial charge in [-0.2, -0.15) is 0 Å². The lowest BCUT2D eigenvalue weighted by molar-refractivity contribution is -0.129. The van der Waals surface area contributed by atoms with Crippen LogP contribution in [0.4, 0.5) is 0 Å². The number of rotatable bonds is 5. The van der Waals surface area contributed by atoms with Crippen molar-refractivity contribution in [3.05, 3.63) is 0 Å². The van der Waals surface area contributed by atoms with Crippen LogP contribution in [0.5, 0.6) is 0 Å². The standard InChI is InChI=1S/C9H14O4/c1-7(10)2-3-8(11)6-9-12-4-5-13-9/h9H,2-6H2,1H3. The van der Waals surface area contributed by atoms with Crippen LogP contribution in [-0.4, -0.2) is 31.1 Å². The molecule has 0 N–H and O–H groups in total. The van der Waals surface area contributed by atoms with E-state index in [4.69, 9.17) is 9.47 Å². The van der Waals surface area contributed by atoms with E-state index in [9.17, 15) is 9.59 Å². The highest BCUT2D eigenvalue weighted by Gasteiger charge is 2.19. The van der Waals surface area contributed by atoms with Crippen molar-refractivity contribution in [3.8, 4) is 0 Å². The predicted octanol–water partition coefficient (Wildman–Crippen LogP) is 0.688. The van der Waals surface area contributed by atoms with E-state index in [0.717, 1.165) is 0 Å². The fourth-order valence-electron chi connectivity index (χ4n) is 1.13. The lowest BCUT2D eigenvalue weighted by Crippen LogP contribution is -2.14. The van der Waals surface area contributed by atoms with E-state index in [1.165, 1.54) is 6.92 Å². The van der Waals surface area contributed by atoms with Crippen LogP contribution in [0, 0.1) is 0 Å². The molecular weight excluding hydrogens is 172 g/mol. The second-order valence-corrected chi connectivity index (χ2v) is 3.12. The van der Waals surface area contributed by atoms with Gasteiger partial charge in [-0.25, -0.2) is 0 Å². The van der Waals surface area contributed by atoms with Crippen LogP contribution in [0.1, 0.15) is 26.2 Å². The zero-order valence-electron chi connectivity index (χ0n) is 7.75. The smallest absolute Gasteiger partial charge is 0.164 e. The van der Waals surface area contributed by atoms with Crippen molar-refractivity contribution >= 4 is 11.6 Å². The van der Waals surface area contributed by atoms with Crippen LogP contribution >= 0.6 is 0 Å². The molecule has 1 rings (SSSR count). The second kappa shape index (κ2) is 5.09. The van der Waals surface area contributed by atoms with E-state index in [1.54, 1.807) is 0 Å². The van der Waals surface area contributed by atoms with Gasteiger partial charge in [-0.15, -0.1) is 0 Å². The molecule has 0 bridgehead atoms. The molecule has 0 aromatic heterocycles. The zero-order valence-corrected chi connectivity index (χ0v) is 7.75. The first-order valence-corrected chi connectivity index (χ1v) is 4.43. The number of ether oxygens (including phenoxy) is 2. The SMILES string of the molecule is CC(=O)CCC(=O)CC1OCCO1. The number of hydrogen-bond donors (Lipinski definition) is 0. The third kappa shape index (κ3) is 4.15. The molecule has 1 aliphatic rings. The summed E-state index contributed by atoms with van der Waals surface area (Å²) in [6.45, 7) is 2.60. The zero-order chi connectivity index (χ0) is 9.68. The quantitative estimate of drug-likeness (QED) is 0.633. The Labute approximate surface area is 77.2 Å². The van der Waals surface area contributed by atoms with Crippen molar-refractivity contribution in [2.75, 3.05) is 13.2 Å². The van der Waals surface area contributed by atoms with Crippen LogP contribution < -0.4 is 0 Å². The second-order valence-electron chi connectivity index (χ2n) is 3.12. The maximum absolute atomic E-state index is 11.2. The average Bonchev–Trinajstić information content (AvgIpc) is 2.53. The van der Waals surface area contributed by atoms with Gasteiger partial charge in [0.25, 0.3) is 0 Å². The summed E-state index contributed by atoms with van der Waals surface area (Å²) in [6, 6.07) is 0. The largest absolute Gasteiger partial charge is 0.350 e. The van der Waals surface area contributed by atoms with Crippen molar-refractivity contribution < 1.29 is 19.1 Å². The molecule has 1 heterocycles. The Kier molecular flexibility index (Phi) is 4.05. The molecule has 0 unspecified atom stereocenters. The molecule has 0 aromatic rings. The number of carbonyl (C=O) groups excluding carboxylic acids is 2. The van der Waals surface area contributed by atoms with Crippen molar-refractivity contribution in [2.24, 2.45) is 0 Å². The number of carbonyl (C=O) groups is 2. The van der Waals surface area contributed by atoms with Gasteiger partial charge in [0.1, 0.15) is 11.6 Å². The molecule has 0 radical (unpaired) electrons. The van der Waals surface area contributed by atoms with E-state index in [0.29, 0.717) is 26.1 Å². The summed E-state index contributed by atoms with van der Waals surface area (Å²) in [6.07, 6.45) is 0.525. The molecule has 0 atom stereocenters. The molecule has 0 saturated carbocycles. The molecule has 1 aliphatic heterocycles. The molecule has 4 heteroatoms. The van der Waals surface area contributed by atoms with Gasteiger partial charge >= 0.3 is 0 Å². The summed E-state index contributed by atoms with van der Waals surface area (Å²) in [5.41, 5.74) is 0. The fraction of sp³-hybridized carbons (Fsp3) is 0.778. The number of ketones is 2. The number of Topliss-reactive ketones (excluding diaryl/α,β-unsaturated/α-hetero) is 2. The van der Waals surface area contributed by atoms with Gasteiger partial charge in [-0.1, -0.05) is 0 Å². The molecule has 1 fully saturated rings. The first-order chi connectivity index (χ1) is 6.18. The van der Waals surface area contributed by atoms with Gasteiger partial charge in [0, 0.05) is 12.8 Å². The molecule has 1 saturated heterocycles. The van der Waals surface area contributed by atoms with Crippen LogP contribution in [0.3, 0.4) is 0 Å². The third-order valence-corrected chi connectivity index (χ3v) is 1.84. The molecule has 13 heavy (non-hydrogen) atoms. The number of hydrogen-bond acceptors (Lipinski definition) is 4. The molecule has 0 spiro atoms. The summed E-state index contributed by atoms with van der Waals surface area (Å²) < 4.78 is 10.2. The minimum absolute atomic E-state index is 0.0297. The topological polar surface area (TPSA) is 52.6 Å². The van der Waals surface area contributed by atoms with Crippen molar-refractivity contribution in [3.63, 3.8) is 0 Å². The molecule has 0 aromatic carbocycles. The average molecular weight is 186 g/mol. The summed E-state index contributed by atoms with van der Waals surface area (Å²) >= 11 is 0. The van der Waals surface area contributed by atoms with Gasteiger partial charge in [0.2, 0.25) is 0 Å². The predicted molar refractivity (Wildman–Crippen MR) is 45.2 cm³/mol. The van der Waals surface area contributed by atoms with Crippen LogP contribution in [0.2, 0.25) is 0 Å². The first kappa shape index (κ1) is 10.3. The Balaban J connectivity index is 2.13. The van der Waals surface area contributed by atoms with Crippen molar-refractivity contribution in [2.45, 2.75) is 32.5 Å². The van der Waals surface area contributed by atoms with Gasteiger partial charge in [0.15, 0.2) is 6.29 Å². The summed E-state index contributed by atoms with van der Waals surface area (Å²) in [5.74, 6) is 0.0729. The normalized spacial score (nSPS) is 17.6. The maximum atomic E-state index is 11.2. The first-order valence-electron chi connectivity index (χ1n) is 4.43. The highest BCUT2D eigenvalue weighted by molar-refractivity contribution is 5.84.